The molecule has 1 unspecified atom stereocenters. The Balaban J connectivity index is 1.90. The van der Waals surface area contributed by atoms with Gasteiger partial charge in [0.1, 0.15) is 5.75 Å². The van der Waals surface area contributed by atoms with Gasteiger partial charge in [-0.3, -0.25) is 14.6 Å². The molecule has 164 valence electrons. The van der Waals surface area contributed by atoms with E-state index in [4.69, 9.17) is 0 Å². The van der Waals surface area contributed by atoms with Crippen molar-refractivity contribution < 1.29 is 23.1 Å². The molecule has 0 bridgehead atoms. The molecular weight excluding hydrogens is 416 g/mol. The SMILES string of the molecule is Cc1cc(C2(c3cccc(-c4cccnc4)c3)NC(=O)CN(C)C2=O)ccc1OC(F)F. The van der Waals surface area contributed by atoms with E-state index in [1.807, 2.05) is 24.3 Å². The zero-order valence-corrected chi connectivity index (χ0v) is 17.5. The van der Waals surface area contributed by atoms with Crippen molar-refractivity contribution in [3.05, 3.63) is 83.7 Å². The van der Waals surface area contributed by atoms with Crippen molar-refractivity contribution in [2.24, 2.45) is 0 Å². The summed E-state index contributed by atoms with van der Waals surface area (Å²) in [7, 11) is 1.56. The first-order valence-corrected chi connectivity index (χ1v) is 9.94. The minimum atomic E-state index is -2.97. The van der Waals surface area contributed by atoms with E-state index in [1.165, 1.54) is 17.0 Å². The molecule has 0 spiro atoms. The fourth-order valence-corrected chi connectivity index (χ4v) is 4.01. The number of aromatic nitrogens is 1. The van der Waals surface area contributed by atoms with E-state index in [-0.39, 0.29) is 24.1 Å². The van der Waals surface area contributed by atoms with Gasteiger partial charge in [0, 0.05) is 19.4 Å². The largest absolute Gasteiger partial charge is 0.435 e. The number of pyridine rings is 1. The Hall–Kier alpha value is -3.81. The predicted molar refractivity (Wildman–Crippen MR) is 114 cm³/mol. The number of alkyl halides is 2. The summed E-state index contributed by atoms with van der Waals surface area (Å²) in [5, 5.41) is 2.87. The van der Waals surface area contributed by atoms with E-state index in [0.29, 0.717) is 16.7 Å². The molecule has 2 heterocycles. The third-order valence-corrected chi connectivity index (χ3v) is 5.49. The summed E-state index contributed by atoms with van der Waals surface area (Å²) in [6, 6.07) is 15.5. The third kappa shape index (κ3) is 3.79. The lowest BCUT2D eigenvalue weighted by Crippen LogP contribution is -2.64. The fraction of sp³-hybridized carbons (Fsp3) is 0.208. The zero-order chi connectivity index (χ0) is 22.9. The predicted octanol–water partition coefficient (Wildman–Crippen LogP) is 3.49. The number of hydrogen-bond donors (Lipinski definition) is 1. The first kappa shape index (κ1) is 21.4. The quantitative estimate of drug-likeness (QED) is 0.663. The first-order chi connectivity index (χ1) is 15.3. The summed E-state index contributed by atoms with van der Waals surface area (Å²) in [5.41, 5.74) is 1.57. The molecule has 1 saturated heterocycles. The molecule has 1 N–H and O–H groups in total. The Kier molecular flexibility index (Phi) is 5.61. The number of carbonyl (C=O) groups excluding carboxylic acids is 2. The van der Waals surface area contributed by atoms with E-state index < -0.39 is 12.2 Å². The average Bonchev–Trinajstić information content (AvgIpc) is 2.78. The van der Waals surface area contributed by atoms with Crippen LogP contribution >= 0.6 is 0 Å². The number of halogens is 2. The van der Waals surface area contributed by atoms with Crippen LogP contribution in [0.15, 0.2) is 67.0 Å². The highest BCUT2D eigenvalue weighted by Crippen LogP contribution is 2.37. The molecule has 2 amide bonds. The van der Waals surface area contributed by atoms with E-state index in [1.54, 1.807) is 44.6 Å². The van der Waals surface area contributed by atoms with Crippen molar-refractivity contribution in [1.82, 2.24) is 15.2 Å². The van der Waals surface area contributed by atoms with Crippen LogP contribution in [0.3, 0.4) is 0 Å². The Morgan fingerprint density at radius 2 is 1.81 bits per heavy atom. The number of hydrogen-bond acceptors (Lipinski definition) is 4. The Labute approximate surface area is 183 Å². The molecule has 1 aliphatic rings. The van der Waals surface area contributed by atoms with Gasteiger partial charge in [-0.15, -0.1) is 0 Å². The smallest absolute Gasteiger partial charge is 0.387 e. The van der Waals surface area contributed by atoms with Gasteiger partial charge < -0.3 is 15.0 Å². The molecule has 0 saturated carbocycles. The van der Waals surface area contributed by atoms with Crippen LogP contribution in [0, 0.1) is 6.92 Å². The summed E-state index contributed by atoms with van der Waals surface area (Å²) >= 11 is 0. The number of piperazine rings is 1. The molecule has 1 atom stereocenters. The molecule has 1 aromatic heterocycles. The van der Waals surface area contributed by atoms with Crippen molar-refractivity contribution in [2.45, 2.75) is 19.1 Å². The van der Waals surface area contributed by atoms with E-state index >= 15 is 0 Å². The van der Waals surface area contributed by atoms with Crippen LogP contribution in [-0.2, 0) is 15.1 Å². The third-order valence-electron chi connectivity index (χ3n) is 5.49. The molecule has 6 nitrogen and oxygen atoms in total. The summed E-state index contributed by atoms with van der Waals surface area (Å²) in [6.07, 6.45) is 3.38. The number of nitrogens with one attached hydrogen (secondary N) is 1. The highest BCUT2D eigenvalue weighted by molar-refractivity contribution is 6.01. The van der Waals surface area contributed by atoms with Gasteiger partial charge in [-0.2, -0.15) is 8.78 Å². The van der Waals surface area contributed by atoms with Crippen LogP contribution in [0.25, 0.3) is 11.1 Å². The first-order valence-electron chi connectivity index (χ1n) is 9.94. The second-order valence-electron chi connectivity index (χ2n) is 7.64. The number of likely N-dealkylation sites (N-methyl/N-ethyl adjacent to an activating group) is 1. The number of aryl methyl sites for hydroxylation is 1. The number of rotatable bonds is 5. The van der Waals surface area contributed by atoms with Gasteiger partial charge in [0.25, 0.3) is 5.91 Å². The normalized spacial score (nSPS) is 18.6. The van der Waals surface area contributed by atoms with Crippen LogP contribution < -0.4 is 10.1 Å². The van der Waals surface area contributed by atoms with Gasteiger partial charge in [0.15, 0.2) is 5.54 Å². The molecule has 1 fully saturated rings. The van der Waals surface area contributed by atoms with Crippen molar-refractivity contribution in [1.29, 1.82) is 0 Å². The van der Waals surface area contributed by atoms with Crippen LogP contribution in [0.1, 0.15) is 16.7 Å². The second-order valence-corrected chi connectivity index (χ2v) is 7.64. The average molecular weight is 437 g/mol. The summed E-state index contributed by atoms with van der Waals surface area (Å²) in [4.78, 5) is 31.7. The summed E-state index contributed by atoms with van der Waals surface area (Å²) in [5.74, 6) is -0.655. The van der Waals surface area contributed by atoms with E-state index in [0.717, 1.165) is 11.1 Å². The van der Waals surface area contributed by atoms with Gasteiger partial charge in [0.2, 0.25) is 5.91 Å². The number of benzene rings is 2. The monoisotopic (exact) mass is 437 g/mol. The summed E-state index contributed by atoms with van der Waals surface area (Å²) < 4.78 is 30.0. The molecule has 8 heteroatoms. The lowest BCUT2D eigenvalue weighted by atomic mass is 9.78. The molecule has 4 rings (SSSR count). The van der Waals surface area contributed by atoms with E-state index in [2.05, 4.69) is 15.0 Å². The molecule has 0 aliphatic carbocycles. The van der Waals surface area contributed by atoms with Crippen molar-refractivity contribution in [3.63, 3.8) is 0 Å². The van der Waals surface area contributed by atoms with Gasteiger partial charge in [-0.1, -0.05) is 30.3 Å². The Morgan fingerprint density at radius 3 is 2.50 bits per heavy atom. The van der Waals surface area contributed by atoms with Crippen molar-refractivity contribution >= 4 is 11.8 Å². The molecule has 1 aliphatic heterocycles. The van der Waals surface area contributed by atoms with Crippen LogP contribution in [0.4, 0.5) is 8.78 Å². The molecule has 32 heavy (non-hydrogen) atoms. The fourth-order valence-electron chi connectivity index (χ4n) is 4.01. The molecular formula is C24H21F2N3O3. The summed E-state index contributed by atoms with van der Waals surface area (Å²) in [6.45, 7) is -1.43. The van der Waals surface area contributed by atoms with Crippen LogP contribution in [0.2, 0.25) is 0 Å². The number of nitrogens with zero attached hydrogens (tertiary/aromatic N) is 2. The van der Waals surface area contributed by atoms with Gasteiger partial charge in [-0.05, 0) is 59.0 Å². The highest BCUT2D eigenvalue weighted by Gasteiger charge is 2.48. The maximum atomic E-state index is 13.6. The molecule has 0 radical (unpaired) electrons. The van der Waals surface area contributed by atoms with E-state index in [9.17, 15) is 18.4 Å². The van der Waals surface area contributed by atoms with Crippen LogP contribution in [0.5, 0.6) is 5.75 Å². The minimum Gasteiger partial charge on any atom is -0.435 e. The lowest BCUT2D eigenvalue weighted by Gasteiger charge is -2.41. The van der Waals surface area contributed by atoms with Gasteiger partial charge in [-0.25, -0.2) is 0 Å². The second kappa shape index (κ2) is 8.37. The van der Waals surface area contributed by atoms with Gasteiger partial charge >= 0.3 is 6.61 Å². The number of carbonyl (C=O) groups is 2. The number of ether oxygens (including phenoxy) is 1. The van der Waals surface area contributed by atoms with Crippen molar-refractivity contribution in [3.8, 4) is 16.9 Å². The number of amides is 2. The standard InChI is InChI=1S/C24H21F2N3O3/c1-15-11-19(8-9-20(15)32-23(25)26)24(22(31)29(2)14-21(30)28-24)18-7-3-5-16(12-18)17-6-4-10-27-13-17/h3-13,23H,14H2,1-2H3,(H,28,30). The topological polar surface area (TPSA) is 71.5 Å². The Morgan fingerprint density at radius 1 is 1.06 bits per heavy atom. The zero-order valence-electron chi connectivity index (χ0n) is 17.5. The highest BCUT2D eigenvalue weighted by atomic mass is 19.3. The maximum absolute atomic E-state index is 13.6. The molecule has 3 aromatic rings. The maximum Gasteiger partial charge on any atom is 0.387 e. The van der Waals surface area contributed by atoms with Crippen molar-refractivity contribution in [2.75, 3.05) is 13.6 Å². The minimum absolute atomic E-state index is 0.00551. The lowest BCUT2D eigenvalue weighted by molar-refractivity contribution is -0.147. The molecule has 2 aromatic carbocycles. The Bertz CT molecular complexity index is 1170. The van der Waals surface area contributed by atoms with Gasteiger partial charge in [0.05, 0.1) is 6.54 Å². The van der Waals surface area contributed by atoms with Crippen LogP contribution in [-0.4, -0.2) is 41.9 Å².